The van der Waals surface area contributed by atoms with E-state index in [9.17, 15) is 18.0 Å². The van der Waals surface area contributed by atoms with Gasteiger partial charge in [-0.25, -0.2) is 9.78 Å². The standard InChI is InChI=1S/C25H22F3N3O4/c26-25(27,28)24(32)35-31-20-7-4-12-29-22(20)30-23(31)19-13-18(33-14-16-5-2-1-3-6-16)10-11-21(19)34-15-17-8-9-17/h1-7,10-13,17,23H,8-9,14-15H2,(H,29,30). The molecule has 1 aliphatic heterocycles. The van der Waals surface area contributed by atoms with Crippen LogP contribution in [0.5, 0.6) is 11.5 Å². The van der Waals surface area contributed by atoms with Gasteiger partial charge in [-0.05, 0) is 54.7 Å². The van der Waals surface area contributed by atoms with Crippen LogP contribution >= 0.6 is 0 Å². The summed E-state index contributed by atoms with van der Waals surface area (Å²) < 4.78 is 51.1. The summed E-state index contributed by atoms with van der Waals surface area (Å²) in [7, 11) is 0. The Labute approximate surface area is 199 Å². The van der Waals surface area contributed by atoms with E-state index in [0.717, 1.165) is 23.5 Å². The lowest BCUT2D eigenvalue weighted by atomic mass is 10.1. The van der Waals surface area contributed by atoms with Crippen LogP contribution in [0.25, 0.3) is 0 Å². The summed E-state index contributed by atoms with van der Waals surface area (Å²) in [6.45, 7) is 0.784. The number of fused-ring (bicyclic) bond motifs is 1. The number of carbonyl (C=O) groups excluding carboxylic acids is 1. The van der Waals surface area contributed by atoms with E-state index < -0.39 is 18.3 Å². The van der Waals surface area contributed by atoms with Gasteiger partial charge in [0, 0.05) is 11.8 Å². The Hall–Kier alpha value is -3.95. The van der Waals surface area contributed by atoms with Crippen LogP contribution in [-0.4, -0.2) is 23.7 Å². The molecule has 2 aromatic carbocycles. The van der Waals surface area contributed by atoms with Gasteiger partial charge >= 0.3 is 12.1 Å². The van der Waals surface area contributed by atoms with E-state index in [0.29, 0.717) is 36.2 Å². The van der Waals surface area contributed by atoms with Gasteiger partial charge in [-0.2, -0.15) is 18.2 Å². The number of nitrogens with one attached hydrogen (secondary N) is 1. The van der Waals surface area contributed by atoms with Gasteiger partial charge < -0.3 is 19.6 Å². The van der Waals surface area contributed by atoms with Gasteiger partial charge in [0.1, 0.15) is 23.8 Å². The molecule has 10 heteroatoms. The highest BCUT2D eigenvalue weighted by Crippen LogP contribution is 2.44. The van der Waals surface area contributed by atoms with E-state index in [4.69, 9.17) is 14.3 Å². The molecule has 35 heavy (non-hydrogen) atoms. The lowest BCUT2D eigenvalue weighted by molar-refractivity contribution is -0.201. The molecule has 1 aromatic heterocycles. The van der Waals surface area contributed by atoms with Crippen LogP contribution in [0, 0.1) is 5.92 Å². The number of ether oxygens (including phenoxy) is 2. The molecule has 2 aliphatic rings. The highest BCUT2D eigenvalue weighted by atomic mass is 19.4. The van der Waals surface area contributed by atoms with Gasteiger partial charge in [0.05, 0.1) is 6.61 Å². The number of alkyl halides is 3. The summed E-state index contributed by atoms with van der Waals surface area (Å²) in [4.78, 5) is 20.7. The lowest BCUT2D eigenvalue weighted by Crippen LogP contribution is -2.37. The summed E-state index contributed by atoms with van der Waals surface area (Å²) in [5, 5.41) is 3.91. The van der Waals surface area contributed by atoms with E-state index in [1.807, 2.05) is 30.3 Å². The molecule has 1 aliphatic carbocycles. The Morgan fingerprint density at radius 1 is 1.06 bits per heavy atom. The minimum Gasteiger partial charge on any atom is -0.493 e. The zero-order valence-electron chi connectivity index (χ0n) is 18.5. The summed E-state index contributed by atoms with van der Waals surface area (Å²) in [6.07, 6.45) is -2.55. The van der Waals surface area contributed by atoms with Crippen molar-refractivity contribution in [3.8, 4) is 11.5 Å². The number of anilines is 2. The molecule has 3 aromatic rings. The highest BCUT2D eigenvalue weighted by Gasteiger charge is 2.46. The number of rotatable bonds is 8. The Morgan fingerprint density at radius 3 is 2.60 bits per heavy atom. The predicted molar refractivity (Wildman–Crippen MR) is 121 cm³/mol. The molecule has 1 N–H and O–H groups in total. The van der Waals surface area contributed by atoms with E-state index in [1.165, 1.54) is 12.3 Å². The molecule has 1 atom stereocenters. The molecule has 0 saturated heterocycles. The van der Waals surface area contributed by atoms with E-state index in [2.05, 4.69) is 10.3 Å². The third kappa shape index (κ3) is 5.26. The summed E-state index contributed by atoms with van der Waals surface area (Å²) in [5.74, 6) is -0.682. The Balaban J connectivity index is 1.47. The fraction of sp³-hybridized carbons (Fsp3) is 0.280. The predicted octanol–water partition coefficient (Wildman–Crippen LogP) is 5.40. The zero-order chi connectivity index (χ0) is 24.4. The van der Waals surface area contributed by atoms with Crippen molar-refractivity contribution in [3.63, 3.8) is 0 Å². The third-order valence-electron chi connectivity index (χ3n) is 5.64. The monoisotopic (exact) mass is 485 g/mol. The van der Waals surface area contributed by atoms with Crippen LogP contribution in [0.2, 0.25) is 0 Å². The van der Waals surface area contributed by atoms with Crippen molar-refractivity contribution in [1.29, 1.82) is 0 Å². The molecule has 1 saturated carbocycles. The van der Waals surface area contributed by atoms with E-state index >= 15 is 0 Å². The minimum absolute atomic E-state index is 0.193. The molecule has 0 radical (unpaired) electrons. The van der Waals surface area contributed by atoms with Crippen LogP contribution in [0.4, 0.5) is 24.7 Å². The average molecular weight is 485 g/mol. The number of nitrogens with zero attached hydrogens (tertiary/aromatic N) is 2. The molecule has 0 bridgehead atoms. The fourth-order valence-corrected chi connectivity index (χ4v) is 3.65. The molecule has 7 nitrogen and oxygen atoms in total. The van der Waals surface area contributed by atoms with Gasteiger partial charge in [-0.1, -0.05) is 30.3 Å². The van der Waals surface area contributed by atoms with Crippen molar-refractivity contribution in [2.24, 2.45) is 5.92 Å². The minimum atomic E-state index is -5.17. The summed E-state index contributed by atoms with van der Waals surface area (Å²) >= 11 is 0. The Bertz CT molecular complexity index is 1200. The number of aromatic nitrogens is 1. The number of hydrogen-bond donors (Lipinski definition) is 1. The summed E-state index contributed by atoms with van der Waals surface area (Å²) in [6, 6.07) is 17.7. The first-order chi connectivity index (χ1) is 16.9. The lowest BCUT2D eigenvalue weighted by Gasteiger charge is -2.27. The van der Waals surface area contributed by atoms with Crippen molar-refractivity contribution in [2.75, 3.05) is 17.0 Å². The third-order valence-corrected chi connectivity index (χ3v) is 5.64. The number of carbonyl (C=O) groups is 1. The van der Waals surface area contributed by atoms with Gasteiger partial charge in [-0.15, -0.1) is 0 Å². The van der Waals surface area contributed by atoms with E-state index in [-0.39, 0.29) is 11.5 Å². The van der Waals surface area contributed by atoms with Crippen molar-refractivity contribution >= 4 is 17.5 Å². The van der Waals surface area contributed by atoms with Gasteiger partial charge in [0.15, 0.2) is 12.0 Å². The topological polar surface area (TPSA) is 72.9 Å². The van der Waals surface area contributed by atoms with Crippen LogP contribution in [-0.2, 0) is 16.2 Å². The Kier molecular flexibility index (Phi) is 6.10. The maximum atomic E-state index is 13.0. The quantitative estimate of drug-likeness (QED) is 0.458. The normalized spacial score (nSPS) is 16.9. The number of hydroxylamine groups is 1. The highest BCUT2D eigenvalue weighted by molar-refractivity contribution is 5.80. The van der Waals surface area contributed by atoms with Crippen LogP contribution in [0.15, 0.2) is 66.9 Å². The molecular weight excluding hydrogens is 463 g/mol. The summed E-state index contributed by atoms with van der Waals surface area (Å²) in [5.41, 5.74) is 1.60. The first-order valence-electron chi connectivity index (χ1n) is 11.1. The number of pyridine rings is 1. The van der Waals surface area contributed by atoms with Crippen LogP contribution in [0.1, 0.15) is 30.1 Å². The second-order valence-electron chi connectivity index (χ2n) is 8.35. The number of halogens is 3. The van der Waals surface area contributed by atoms with Gasteiger partial charge in [0.25, 0.3) is 0 Å². The SMILES string of the molecule is O=C(ON1c2cccnc2NC1c1cc(OCc2ccccc2)ccc1OCC1CC1)C(F)(F)F. The maximum Gasteiger partial charge on any atom is 0.493 e. The molecule has 182 valence electrons. The zero-order valence-corrected chi connectivity index (χ0v) is 18.5. The second-order valence-corrected chi connectivity index (χ2v) is 8.35. The van der Waals surface area contributed by atoms with Crippen molar-refractivity contribution < 1.29 is 32.3 Å². The van der Waals surface area contributed by atoms with Crippen molar-refractivity contribution in [2.45, 2.75) is 31.8 Å². The molecule has 5 rings (SSSR count). The van der Waals surface area contributed by atoms with Crippen molar-refractivity contribution in [1.82, 2.24) is 4.98 Å². The van der Waals surface area contributed by atoms with Gasteiger partial charge in [0.2, 0.25) is 0 Å². The molecular formula is C25H22F3N3O4. The first kappa shape index (κ1) is 22.8. The number of benzene rings is 2. The largest absolute Gasteiger partial charge is 0.493 e. The van der Waals surface area contributed by atoms with E-state index in [1.54, 1.807) is 24.3 Å². The second kappa shape index (κ2) is 9.36. The molecule has 0 spiro atoms. The van der Waals surface area contributed by atoms with Crippen LogP contribution < -0.4 is 19.9 Å². The first-order valence-corrected chi connectivity index (χ1v) is 11.1. The average Bonchev–Trinajstić information content (AvgIpc) is 3.62. The maximum absolute atomic E-state index is 13.0. The molecule has 1 unspecified atom stereocenters. The molecule has 1 fully saturated rings. The smallest absolute Gasteiger partial charge is 0.493 e. The fourth-order valence-electron chi connectivity index (χ4n) is 3.65. The van der Waals surface area contributed by atoms with Gasteiger partial charge in [-0.3, -0.25) is 0 Å². The Morgan fingerprint density at radius 2 is 1.86 bits per heavy atom. The van der Waals surface area contributed by atoms with Crippen molar-refractivity contribution in [3.05, 3.63) is 78.0 Å². The number of hydrogen-bond acceptors (Lipinski definition) is 7. The molecule has 2 heterocycles. The molecule has 0 amide bonds. The van der Waals surface area contributed by atoms with Crippen LogP contribution in [0.3, 0.4) is 0 Å².